The summed E-state index contributed by atoms with van der Waals surface area (Å²) in [6, 6.07) is 4.05. The summed E-state index contributed by atoms with van der Waals surface area (Å²) in [4.78, 5) is 38.2. The number of carbonyl (C=O) groups excluding carboxylic acids is 2. The molecule has 1 aliphatic heterocycles. The Bertz CT molecular complexity index is 991. The van der Waals surface area contributed by atoms with Crippen LogP contribution < -0.4 is 15.5 Å². The van der Waals surface area contributed by atoms with Crippen molar-refractivity contribution in [2.24, 2.45) is 0 Å². The second kappa shape index (κ2) is 12.3. The quantitative estimate of drug-likeness (QED) is 0.508. The number of nitrogens with zero attached hydrogens (tertiary/aromatic N) is 5. The average molecular weight is 498 g/mol. The molecule has 0 aromatic carbocycles. The van der Waals surface area contributed by atoms with Gasteiger partial charge in [0.1, 0.15) is 11.4 Å². The van der Waals surface area contributed by atoms with Gasteiger partial charge in [-0.3, -0.25) is 9.59 Å². The average Bonchev–Trinajstić information content (AvgIpc) is 3.26. The molecule has 1 aliphatic carbocycles. The van der Waals surface area contributed by atoms with E-state index in [1.54, 1.807) is 0 Å². The first-order valence-corrected chi connectivity index (χ1v) is 13.3. The molecular weight excluding hydrogens is 458 g/mol. The van der Waals surface area contributed by atoms with Gasteiger partial charge in [0.25, 0.3) is 0 Å². The van der Waals surface area contributed by atoms with Crippen LogP contribution in [0.1, 0.15) is 76.1 Å². The first-order chi connectivity index (χ1) is 17.5. The molecule has 2 amide bonds. The van der Waals surface area contributed by atoms with Crippen molar-refractivity contribution >= 4 is 17.6 Å². The fourth-order valence-corrected chi connectivity index (χ4v) is 5.14. The summed E-state index contributed by atoms with van der Waals surface area (Å²) in [5, 5.41) is 10.2. The Morgan fingerprint density at radius 2 is 1.83 bits per heavy atom. The summed E-state index contributed by atoms with van der Waals surface area (Å²) in [7, 11) is 0. The smallest absolute Gasteiger partial charge is 0.227 e. The van der Waals surface area contributed by atoms with E-state index in [0.717, 1.165) is 82.6 Å². The molecule has 1 saturated carbocycles. The lowest BCUT2D eigenvalue weighted by Gasteiger charge is -2.34. The van der Waals surface area contributed by atoms with Crippen LogP contribution in [0.4, 0.5) is 5.82 Å². The van der Waals surface area contributed by atoms with Crippen molar-refractivity contribution < 1.29 is 14.1 Å². The van der Waals surface area contributed by atoms with Crippen molar-refractivity contribution in [3.05, 3.63) is 35.6 Å². The van der Waals surface area contributed by atoms with E-state index in [2.05, 4.69) is 42.5 Å². The van der Waals surface area contributed by atoms with Crippen molar-refractivity contribution in [1.29, 1.82) is 0 Å². The monoisotopic (exact) mass is 497 g/mol. The van der Waals surface area contributed by atoms with E-state index in [9.17, 15) is 9.59 Å². The third-order valence-electron chi connectivity index (χ3n) is 7.28. The molecule has 0 unspecified atom stereocenters. The Morgan fingerprint density at radius 1 is 1.08 bits per heavy atom. The zero-order valence-electron chi connectivity index (χ0n) is 21.6. The standard InChI is InChI=1S/C26H39N7O3/c1-3-32-14-16-33(17-15-32)22-9-8-21(18-27-22)19-28-23(35)10-11-24-29-25(31-36-24)26(30-20(2)34)12-6-4-5-7-13-26/h8-9,18H,3-7,10-17,19H2,1-2H3,(H,28,35)(H,30,34). The molecule has 36 heavy (non-hydrogen) atoms. The predicted molar refractivity (Wildman–Crippen MR) is 136 cm³/mol. The van der Waals surface area contributed by atoms with Crippen LogP contribution >= 0.6 is 0 Å². The Labute approximate surface area is 213 Å². The molecule has 3 heterocycles. The van der Waals surface area contributed by atoms with E-state index >= 15 is 0 Å². The lowest BCUT2D eigenvalue weighted by molar-refractivity contribution is -0.122. The Hall–Kier alpha value is -3.01. The number of piperazine rings is 1. The number of hydrogen-bond donors (Lipinski definition) is 2. The summed E-state index contributed by atoms with van der Waals surface area (Å²) in [5.41, 5.74) is 0.389. The topological polar surface area (TPSA) is 116 Å². The highest BCUT2D eigenvalue weighted by atomic mass is 16.5. The molecule has 4 rings (SSSR count). The van der Waals surface area contributed by atoms with Gasteiger partial charge in [0.15, 0.2) is 5.82 Å². The highest BCUT2D eigenvalue weighted by molar-refractivity contribution is 5.76. The number of rotatable bonds is 9. The summed E-state index contributed by atoms with van der Waals surface area (Å²) >= 11 is 0. The Morgan fingerprint density at radius 3 is 2.47 bits per heavy atom. The highest BCUT2D eigenvalue weighted by Gasteiger charge is 2.38. The van der Waals surface area contributed by atoms with Crippen LogP contribution in [-0.4, -0.2) is 64.6 Å². The van der Waals surface area contributed by atoms with Gasteiger partial charge in [-0.2, -0.15) is 4.98 Å². The fourth-order valence-electron chi connectivity index (χ4n) is 5.14. The summed E-state index contributed by atoms with van der Waals surface area (Å²) in [5.74, 6) is 1.75. The summed E-state index contributed by atoms with van der Waals surface area (Å²) in [6.45, 7) is 9.33. The van der Waals surface area contributed by atoms with E-state index in [0.29, 0.717) is 24.7 Å². The van der Waals surface area contributed by atoms with E-state index in [4.69, 9.17) is 4.52 Å². The van der Waals surface area contributed by atoms with Crippen LogP contribution in [0.25, 0.3) is 0 Å². The largest absolute Gasteiger partial charge is 0.354 e. The van der Waals surface area contributed by atoms with Crippen molar-refractivity contribution in [1.82, 2.24) is 30.7 Å². The third kappa shape index (κ3) is 6.81. The van der Waals surface area contributed by atoms with Crippen molar-refractivity contribution in [3.63, 3.8) is 0 Å². The second-order valence-electron chi connectivity index (χ2n) is 9.91. The fraction of sp³-hybridized carbons (Fsp3) is 0.654. The van der Waals surface area contributed by atoms with Crippen LogP contribution in [0.5, 0.6) is 0 Å². The van der Waals surface area contributed by atoms with Gasteiger partial charge in [-0.05, 0) is 31.0 Å². The number of likely N-dealkylation sites (N-methyl/N-ethyl adjacent to an activating group) is 1. The van der Waals surface area contributed by atoms with E-state index in [1.165, 1.54) is 6.92 Å². The third-order valence-corrected chi connectivity index (χ3v) is 7.28. The van der Waals surface area contributed by atoms with Gasteiger partial charge in [0.05, 0.1) is 0 Å². The summed E-state index contributed by atoms with van der Waals surface area (Å²) in [6.07, 6.45) is 8.34. The molecule has 2 N–H and O–H groups in total. The molecule has 0 atom stereocenters. The molecule has 2 aliphatic rings. The van der Waals surface area contributed by atoms with Crippen molar-refractivity contribution in [2.45, 2.75) is 77.3 Å². The number of amides is 2. The van der Waals surface area contributed by atoms with Crippen molar-refractivity contribution in [2.75, 3.05) is 37.6 Å². The number of pyridine rings is 1. The second-order valence-corrected chi connectivity index (χ2v) is 9.91. The van der Waals surface area contributed by atoms with Gasteiger partial charge in [-0.15, -0.1) is 0 Å². The number of anilines is 1. The first-order valence-electron chi connectivity index (χ1n) is 13.3. The molecule has 2 aromatic heterocycles. The molecule has 1 saturated heterocycles. The maximum absolute atomic E-state index is 12.4. The normalized spacial score (nSPS) is 18.4. The van der Waals surface area contributed by atoms with Gasteiger partial charge in [-0.1, -0.05) is 43.8 Å². The SMILES string of the molecule is CCN1CCN(c2ccc(CNC(=O)CCc3nc(C4(NC(C)=O)CCCCCC4)no3)cn2)CC1. The molecule has 2 aromatic rings. The van der Waals surface area contributed by atoms with Crippen LogP contribution in [0.3, 0.4) is 0 Å². The van der Waals surface area contributed by atoms with Gasteiger partial charge in [0.2, 0.25) is 17.7 Å². The number of aryl methyl sites for hydroxylation is 1. The van der Waals surface area contributed by atoms with E-state index < -0.39 is 5.54 Å². The lowest BCUT2D eigenvalue weighted by Crippen LogP contribution is -2.46. The summed E-state index contributed by atoms with van der Waals surface area (Å²) < 4.78 is 5.45. The molecule has 0 spiro atoms. The molecule has 2 fully saturated rings. The minimum absolute atomic E-state index is 0.0828. The zero-order valence-corrected chi connectivity index (χ0v) is 21.6. The van der Waals surface area contributed by atoms with E-state index in [1.807, 2.05) is 18.3 Å². The Balaban J connectivity index is 1.24. The number of hydrogen-bond acceptors (Lipinski definition) is 8. The van der Waals surface area contributed by atoms with Crippen LogP contribution in [0.2, 0.25) is 0 Å². The number of carbonyl (C=O) groups is 2. The van der Waals surface area contributed by atoms with Gasteiger partial charge < -0.3 is 25.0 Å². The van der Waals surface area contributed by atoms with Gasteiger partial charge in [-0.25, -0.2) is 4.98 Å². The zero-order chi connectivity index (χ0) is 25.4. The number of aromatic nitrogens is 3. The van der Waals surface area contributed by atoms with Crippen LogP contribution in [0.15, 0.2) is 22.9 Å². The predicted octanol–water partition coefficient (Wildman–Crippen LogP) is 2.54. The molecule has 0 bridgehead atoms. The maximum Gasteiger partial charge on any atom is 0.227 e. The molecule has 196 valence electrons. The van der Waals surface area contributed by atoms with Gasteiger partial charge in [0, 0.05) is 58.7 Å². The maximum atomic E-state index is 12.4. The number of nitrogens with one attached hydrogen (secondary N) is 2. The van der Waals surface area contributed by atoms with E-state index in [-0.39, 0.29) is 18.2 Å². The Kier molecular flexibility index (Phi) is 8.90. The molecule has 0 radical (unpaired) electrons. The van der Waals surface area contributed by atoms with Crippen molar-refractivity contribution in [3.8, 4) is 0 Å². The lowest BCUT2D eigenvalue weighted by atomic mass is 9.89. The molecule has 10 heteroatoms. The van der Waals surface area contributed by atoms with Gasteiger partial charge >= 0.3 is 0 Å². The molecule has 10 nitrogen and oxygen atoms in total. The first kappa shape index (κ1) is 26.1. The minimum Gasteiger partial charge on any atom is -0.354 e. The van der Waals surface area contributed by atoms with Crippen LogP contribution in [-0.2, 0) is 28.1 Å². The highest BCUT2D eigenvalue weighted by Crippen LogP contribution is 2.34. The minimum atomic E-state index is -0.574. The molecular formula is C26H39N7O3. The van der Waals surface area contributed by atoms with Crippen LogP contribution in [0, 0.1) is 0 Å².